The number of hydrogen-bond acceptors (Lipinski definition) is 8. The topological polar surface area (TPSA) is 129 Å². The SMILES string of the molecule is COc1c(CO)cc([N+](=O)[O-])c2c(C(C)OC(=O)C(C)C)cc(=O)oc12. The molecule has 0 aliphatic heterocycles. The van der Waals surface area contributed by atoms with Crippen molar-refractivity contribution in [3.63, 3.8) is 0 Å². The van der Waals surface area contributed by atoms with Crippen LogP contribution in [0.5, 0.6) is 5.75 Å². The fourth-order valence-electron chi connectivity index (χ4n) is 2.56. The minimum Gasteiger partial charge on any atom is -0.492 e. The number of nitro groups is 1. The third-order valence-electron chi connectivity index (χ3n) is 3.83. The molecule has 140 valence electrons. The smallest absolute Gasteiger partial charge is 0.336 e. The van der Waals surface area contributed by atoms with E-state index in [9.17, 15) is 24.8 Å². The largest absolute Gasteiger partial charge is 0.492 e. The highest BCUT2D eigenvalue weighted by molar-refractivity contribution is 5.95. The van der Waals surface area contributed by atoms with Crippen LogP contribution < -0.4 is 10.4 Å². The number of esters is 1. The Kier molecular flexibility index (Phi) is 5.61. The number of carbonyl (C=O) groups excluding carboxylic acids is 1. The van der Waals surface area contributed by atoms with E-state index in [1.54, 1.807) is 13.8 Å². The Hall–Kier alpha value is -2.94. The summed E-state index contributed by atoms with van der Waals surface area (Å²) in [5.41, 5.74) is -1.14. The first-order valence-corrected chi connectivity index (χ1v) is 7.84. The van der Waals surface area contributed by atoms with Crippen molar-refractivity contribution in [3.8, 4) is 5.75 Å². The molecule has 0 radical (unpaired) electrons. The van der Waals surface area contributed by atoms with Gasteiger partial charge in [0, 0.05) is 23.3 Å². The van der Waals surface area contributed by atoms with Crippen molar-refractivity contribution in [1.29, 1.82) is 0 Å². The maximum Gasteiger partial charge on any atom is 0.336 e. The van der Waals surface area contributed by atoms with Gasteiger partial charge in [0.1, 0.15) is 11.5 Å². The lowest BCUT2D eigenvalue weighted by molar-refractivity contribution is -0.383. The number of fused-ring (bicyclic) bond motifs is 1. The zero-order valence-corrected chi connectivity index (χ0v) is 14.8. The molecule has 1 atom stereocenters. The van der Waals surface area contributed by atoms with Gasteiger partial charge in [0.15, 0.2) is 11.3 Å². The molecule has 0 aliphatic rings. The summed E-state index contributed by atoms with van der Waals surface area (Å²) in [4.78, 5) is 34.7. The molecular weight excluding hydrogens is 346 g/mol. The molecule has 0 amide bonds. The predicted molar refractivity (Wildman–Crippen MR) is 91.0 cm³/mol. The Morgan fingerprint density at radius 3 is 2.50 bits per heavy atom. The van der Waals surface area contributed by atoms with E-state index in [2.05, 4.69) is 0 Å². The summed E-state index contributed by atoms with van der Waals surface area (Å²) in [6.45, 7) is 4.24. The van der Waals surface area contributed by atoms with E-state index in [-0.39, 0.29) is 27.8 Å². The van der Waals surface area contributed by atoms with E-state index in [0.717, 1.165) is 12.1 Å². The van der Waals surface area contributed by atoms with Crippen LogP contribution in [0.25, 0.3) is 11.0 Å². The van der Waals surface area contributed by atoms with Gasteiger partial charge in [-0.25, -0.2) is 4.79 Å². The van der Waals surface area contributed by atoms with Crippen molar-refractivity contribution in [2.45, 2.75) is 33.5 Å². The number of hydrogen-bond donors (Lipinski definition) is 1. The van der Waals surface area contributed by atoms with Gasteiger partial charge in [-0.1, -0.05) is 13.8 Å². The van der Waals surface area contributed by atoms with Crippen LogP contribution in [0.15, 0.2) is 21.3 Å². The number of non-ortho nitro benzene ring substituents is 1. The van der Waals surface area contributed by atoms with Crippen molar-refractivity contribution >= 4 is 22.6 Å². The highest BCUT2D eigenvalue weighted by atomic mass is 16.6. The average molecular weight is 365 g/mol. The molecule has 0 spiro atoms. The van der Waals surface area contributed by atoms with Crippen LogP contribution in [0.2, 0.25) is 0 Å². The van der Waals surface area contributed by atoms with Crippen LogP contribution in [0.3, 0.4) is 0 Å². The number of aliphatic hydroxyl groups is 1. The van der Waals surface area contributed by atoms with Crippen LogP contribution in [0, 0.1) is 16.0 Å². The Labute approximate surface area is 148 Å². The van der Waals surface area contributed by atoms with Crippen LogP contribution in [0.4, 0.5) is 5.69 Å². The molecule has 2 aromatic rings. The third-order valence-corrected chi connectivity index (χ3v) is 3.83. The van der Waals surface area contributed by atoms with Gasteiger partial charge in [0.05, 0.1) is 24.6 Å². The van der Waals surface area contributed by atoms with E-state index in [1.807, 2.05) is 0 Å². The summed E-state index contributed by atoms with van der Waals surface area (Å²) in [6.07, 6.45) is -0.931. The molecule has 26 heavy (non-hydrogen) atoms. The van der Waals surface area contributed by atoms with Crippen molar-refractivity contribution in [1.82, 2.24) is 0 Å². The number of nitro benzene ring substituents is 1. The highest BCUT2D eigenvalue weighted by Crippen LogP contribution is 2.40. The van der Waals surface area contributed by atoms with Crippen LogP contribution in [-0.4, -0.2) is 23.1 Å². The second-order valence-electron chi connectivity index (χ2n) is 5.96. The Morgan fingerprint density at radius 1 is 1.35 bits per heavy atom. The van der Waals surface area contributed by atoms with Gasteiger partial charge < -0.3 is 19.0 Å². The van der Waals surface area contributed by atoms with Gasteiger partial charge >= 0.3 is 11.6 Å². The number of rotatable bonds is 6. The van der Waals surface area contributed by atoms with E-state index in [1.165, 1.54) is 14.0 Å². The molecule has 1 unspecified atom stereocenters. The maximum atomic E-state index is 12.0. The lowest BCUT2D eigenvalue weighted by Crippen LogP contribution is -2.16. The van der Waals surface area contributed by atoms with Gasteiger partial charge in [0.25, 0.3) is 5.69 Å². The highest BCUT2D eigenvalue weighted by Gasteiger charge is 2.28. The first-order valence-electron chi connectivity index (χ1n) is 7.84. The summed E-state index contributed by atoms with van der Waals surface area (Å²) in [5, 5.41) is 21.0. The summed E-state index contributed by atoms with van der Waals surface area (Å²) in [6, 6.07) is 2.19. The van der Waals surface area contributed by atoms with Crippen LogP contribution in [-0.2, 0) is 16.1 Å². The Morgan fingerprint density at radius 2 is 2.00 bits per heavy atom. The summed E-state index contributed by atoms with van der Waals surface area (Å²) < 4.78 is 15.6. The summed E-state index contributed by atoms with van der Waals surface area (Å²) in [7, 11) is 1.29. The van der Waals surface area contributed by atoms with Gasteiger partial charge in [-0.15, -0.1) is 0 Å². The van der Waals surface area contributed by atoms with Gasteiger partial charge in [0.2, 0.25) is 0 Å². The van der Waals surface area contributed by atoms with E-state index < -0.39 is 40.8 Å². The van der Waals surface area contributed by atoms with E-state index in [0.29, 0.717) is 0 Å². The lowest BCUT2D eigenvalue weighted by atomic mass is 10.0. The molecule has 1 heterocycles. The molecule has 0 saturated carbocycles. The Bertz CT molecular complexity index is 915. The molecule has 9 nitrogen and oxygen atoms in total. The predicted octanol–water partition coefficient (Wildman–Crippen LogP) is 2.46. The molecule has 0 fully saturated rings. The first kappa shape index (κ1) is 19.4. The fourth-order valence-corrected chi connectivity index (χ4v) is 2.56. The summed E-state index contributed by atoms with van der Waals surface area (Å²) in [5.74, 6) is -0.913. The minimum absolute atomic E-state index is 0.00874. The number of benzene rings is 1. The fraction of sp³-hybridized carbons (Fsp3) is 0.412. The normalized spacial score (nSPS) is 12.2. The van der Waals surface area contributed by atoms with E-state index in [4.69, 9.17) is 13.9 Å². The standard InChI is InChI=1S/C17H19NO8/c1-8(2)17(21)25-9(3)11-6-13(20)26-16-14(11)12(18(22)23)5-10(7-19)15(16)24-4/h5-6,8-9,19H,7H2,1-4H3. The second kappa shape index (κ2) is 7.52. The second-order valence-corrected chi connectivity index (χ2v) is 5.96. The van der Waals surface area contributed by atoms with Gasteiger partial charge in [-0.2, -0.15) is 0 Å². The molecule has 0 aliphatic carbocycles. The van der Waals surface area contributed by atoms with Crippen molar-refractivity contribution in [2.75, 3.05) is 7.11 Å². The number of carbonyl (C=O) groups is 1. The third kappa shape index (κ3) is 3.52. The summed E-state index contributed by atoms with van der Waals surface area (Å²) >= 11 is 0. The number of aliphatic hydroxyl groups excluding tert-OH is 1. The van der Waals surface area contributed by atoms with Gasteiger partial charge in [-0.05, 0) is 6.92 Å². The minimum atomic E-state index is -0.931. The molecule has 0 saturated heterocycles. The number of methoxy groups -OCH3 is 1. The average Bonchev–Trinajstić information content (AvgIpc) is 2.58. The van der Waals surface area contributed by atoms with E-state index >= 15 is 0 Å². The van der Waals surface area contributed by atoms with Crippen molar-refractivity contribution < 1.29 is 28.7 Å². The molecule has 2 rings (SSSR count). The molecular formula is C17H19NO8. The molecule has 1 aromatic heterocycles. The first-order chi connectivity index (χ1) is 12.2. The maximum absolute atomic E-state index is 12.0. The number of nitrogens with zero attached hydrogens (tertiary/aromatic N) is 1. The molecule has 9 heteroatoms. The van der Waals surface area contributed by atoms with Crippen LogP contribution in [0.1, 0.15) is 38.0 Å². The molecule has 1 aromatic carbocycles. The Balaban J connectivity index is 2.84. The lowest BCUT2D eigenvalue weighted by Gasteiger charge is -2.17. The zero-order chi connectivity index (χ0) is 19.6. The molecule has 0 bridgehead atoms. The number of ether oxygens (including phenoxy) is 2. The van der Waals surface area contributed by atoms with Crippen molar-refractivity contribution in [2.24, 2.45) is 5.92 Å². The molecule has 1 N–H and O–H groups in total. The van der Waals surface area contributed by atoms with Crippen LogP contribution >= 0.6 is 0 Å². The zero-order valence-electron chi connectivity index (χ0n) is 14.8. The van der Waals surface area contributed by atoms with Crippen molar-refractivity contribution in [3.05, 3.63) is 43.8 Å². The van der Waals surface area contributed by atoms with Gasteiger partial charge in [-0.3, -0.25) is 14.9 Å². The monoisotopic (exact) mass is 365 g/mol. The quantitative estimate of drug-likeness (QED) is 0.358.